The van der Waals surface area contributed by atoms with Gasteiger partial charge in [-0.2, -0.15) is 0 Å². The Kier molecular flexibility index (Phi) is 6.00. The number of hydrogen-bond donors (Lipinski definition) is 1. The van der Waals surface area contributed by atoms with Crippen LogP contribution in [0.2, 0.25) is 0 Å². The maximum Gasteiger partial charge on any atom is 0.255 e. The summed E-state index contributed by atoms with van der Waals surface area (Å²) < 4.78 is 31.5. The molecule has 0 spiro atoms. The van der Waals surface area contributed by atoms with Crippen molar-refractivity contribution in [1.82, 2.24) is 4.31 Å². The van der Waals surface area contributed by atoms with Crippen LogP contribution in [-0.4, -0.2) is 32.7 Å². The molecule has 0 aromatic heterocycles. The summed E-state index contributed by atoms with van der Waals surface area (Å²) in [4.78, 5) is 12.8. The van der Waals surface area contributed by atoms with Gasteiger partial charge >= 0.3 is 0 Å². The summed E-state index contributed by atoms with van der Waals surface area (Å²) in [6, 6.07) is 20.9. The highest BCUT2D eigenvalue weighted by Crippen LogP contribution is 2.24. The monoisotopic (exact) mass is 410 g/mol. The Bertz CT molecular complexity index is 1110. The van der Waals surface area contributed by atoms with E-state index in [2.05, 4.69) is 5.32 Å². The molecule has 0 unspecified atom stereocenters. The third-order valence-corrected chi connectivity index (χ3v) is 6.13. The Balaban J connectivity index is 1.76. The van der Waals surface area contributed by atoms with Crippen LogP contribution < -0.4 is 10.1 Å². The van der Waals surface area contributed by atoms with E-state index in [0.29, 0.717) is 22.6 Å². The number of anilines is 1. The number of rotatable bonds is 6. The summed E-state index contributed by atoms with van der Waals surface area (Å²) in [5.74, 6) is 0.985. The molecular weight excluding hydrogens is 388 g/mol. The molecule has 6 nitrogen and oxygen atoms in total. The zero-order valence-electron chi connectivity index (χ0n) is 16.4. The molecule has 7 heteroatoms. The number of nitrogens with zero attached hydrogens (tertiary/aromatic N) is 1. The van der Waals surface area contributed by atoms with Crippen molar-refractivity contribution in [1.29, 1.82) is 0 Å². The summed E-state index contributed by atoms with van der Waals surface area (Å²) in [5, 5.41) is 2.80. The predicted octanol–water partition coefficient (Wildman–Crippen LogP) is 4.29. The second-order valence-corrected chi connectivity index (χ2v) is 8.81. The van der Waals surface area contributed by atoms with E-state index in [1.807, 2.05) is 30.3 Å². The number of para-hydroxylation sites is 1. The summed E-state index contributed by atoms with van der Waals surface area (Å²) in [6.45, 7) is 1.76. The molecule has 0 heterocycles. The first kappa shape index (κ1) is 20.6. The van der Waals surface area contributed by atoms with Crippen LogP contribution in [0.3, 0.4) is 0 Å². The summed E-state index contributed by atoms with van der Waals surface area (Å²) in [7, 11) is -0.716. The first-order valence-corrected chi connectivity index (χ1v) is 10.4. The summed E-state index contributed by atoms with van der Waals surface area (Å²) in [5.41, 5.74) is 1.57. The molecule has 3 aromatic carbocycles. The maximum absolute atomic E-state index is 12.7. The summed E-state index contributed by atoms with van der Waals surface area (Å²) in [6.07, 6.45) is 0. The Morgan fingerprint density at radius 3 is 2.14 bits per heavy atom. The van der Waals surface area contributed by atoms with Gasteiger partial charge in [0.15, 0.2) is 0 Å². The lowest BCUT2D eigenvalue weighted by molar-refractivity contribution is 0.102. The molecule has 0 aliphatic heterocycles. The number of amides is 1. The minimum atomic E-state index is -3.62. The number of nitrogens with one attached hydrogen (secondary N) is 1. The van der Waals surface area contributed by atoms with Crippen molar-refractivity contribution in [3.63, 3.8) is 0 Å². The van der Waals surface area contributed by atoms with Gasteiger partial charge in [0.25, 0.3) is 5.91 Å². The second kappa shape index (κ2) is 8.46. The van der Waals surface area contributed by atoms with Crippen molar-refractivity contribution in [2.75, 3.05) is 19.4 Å². The van der Waals surface area contributed by atoms with Crippen molar-refractivity contribution in [2.45, 2.75) is 11.8 Å². The number of benzene rings is 3. The van der Waals surface area contributed by atoms with Crippen molar-refractivity contribution < 1.29 is 17.9 Å². The number of ether oxygens (including phenoxy) is 1. The molecule has 0 aliphatic carbocycles. The zero-order valence-corrected chi connectivity index (χ0v) is 17.2. The van der Waals surface area contributed by atoms with Crippen LogP contribution in [0, 0.1) is 6.92 Å². The number of sulfonamides is 1. The molecule has 29 heavy (non-hydrogen) atoms. The van der Waals surface area contributed by atoms with Gasteiger partial charge in [0.05, 0.1) is 4.90 Å². The SMILES string of the molecule is Cc1ccc(S(=O)(=O)N(C)C)cc1C(=O)Nc1ccc(Oc2ccccc2)cc1. The van der Waals surface area contributed by atoms with Crippen molar-refractivity contribution >= 4 is 21.6 Å². The summed E-state index contributed by atoms with van der Waals surface area (Å²) >= 11 is 0. The highest BCUT2D eigenvalue weighted by atomic mass is 32.2. The lowest BCUT2D eigenvalue weighted by atomic mass is 10.1. The molecule has 3 aromatic rings. The van der Waals surface area contributed by atoms with Gasteiger partial charge in [-0.05, 0) is 61.0 Å². The second-order valence-electron chi connectivity index (χ2n) is 6.66. The first-order chi connectivity index (χ1) is 13.8. The van der Waals surface area contributed by atoms with Gasteiger partial charge in [-0.25, -0.2) is 12.7 Å². The smallest absolute Gasteiger partial charge is 0.255 e. The fourth-order valence-electron chi connectivity index (χ4n) is 2.65. The van der Waals surface area contributed by atoms with Crippen molar-refractivity contribution in [3.05, 3.63) is 83.9 Å². The molecule has 1 amide bonds. The van der Waals surface area contributed by atoms with Gasteiger partial charge in [-0.1, -0.05) is 24.3 Å². The van der Waals surface area contributed by atoms with Crippen LogP contribution in [0.25, 0.3) is 0 Å². The average Bonchev–Trinajstić information content (AvgIpc) is 2.70. The van der Waals surface area contributed by atoms with E-state index in [9.17, 15) is 13.2 Å². The molecule has 3 rings (SSSR count). The quantitative estimate of drug-likeness (QED) is 0.658. The van der Waals surface area contributed by atoms with E-state index >= 15 is 0 Å². The molecule has 0 saturated carbocycles. The molecule has 150 valence electrons. The Hall–Kier alpha value is -3.16. The largest absolute Gasteiger partial charge is 0.457 e. The average molecular weight is 410 g/mol. The Labute approximate surface area is 170 Å². The van der Waals surface area contributed by atoms with Gasteiger partial charge < -0.3 is 10.1 Å². The fraction of sp³-hybridized carbons (Fsp3) is 0.136. The van der Waals surface area contributed by atoms with Crippen LogP contribution in [0.4, 0.5) is 5.69 Å². The minimum absolute atomic E-state index is 0.0739. The molecular formula is C22H22N2O4S. The lowest BCUT2D eigenvalue weighted by Gasteiger charge is -2.14. The topological polar surface area (TPSA) is 75.7 Å². The highest BCUT2D eigenvalue weighted by molar-refractivity contribution is 7.89. The molecule has 0 atom stereocenters. The first-order valence-electron chi connectivity index (χ1n) is 8.95. The van der Waals surface area contributed by atoms with Crippen molar-refractivity contribution in [2.24, 2.45) is 0 Å². The van der Waals surface area contributed by atoms with Gasteiger partial charge in [0.2, 0.25) is 10.0 Å². The Morgan fingerprint density at radius 1 is 0.897 bits per heavy atom. The molecule has 0 saturated heterocycles. The predicted molar refractivity (Wildman–Crippen MR) is 113 cm³/mol. The van der Waals surface area contributed by atoms with E-state index in [4.69, 9.17) is 4.74 Å². The van der Waals surface area contributed by atoms with Gasteiger partial charge in [0.1, 0.15) is 11.5 Å². The zero-order chi connectivity index (χ0) is 21.0. The van der Waals surface area contributed by atoms with E-state index in [0.717, 1.165) is 10.1 Å². The van der Waals surface area contributed by atoms with Crippen LogP contribution in [0.1, 0.15) is 15.9 Å². The number of hydrogen-bond acceptors (Lipinski definition) is 4. The number of carbonyl (C=O) groups is 1. The van der Waals surface area contributed by atoms with E-state index in [1.54, 1.807) is 37.3 Å². The molecule has 0 aliphatic rings. The lowest BCUT2D eigenvalue weighted by Crippen LogP contribution is -2.23. The van der Waals surface area contributed by atoms with E-state index in [1.165, 1.54) is 26.2 Å². The maximum atomic E-state index is 12.7. The van der Waals surface area contributed by atoms with Gasteiger partial charge in [0, 0.05) is 25.3 Å². The highest BCUT2D eigenvalue weighted by Gasteiger charge is 2.20. The van der Waals surface area contributed by atoms with Gasteiger partial charge in [-0.3, -0.25) is 4.79 Å². The molecule has 0 fully saturated rings. The van der Waals surface area contributed by atoms with Crippen molar-refractivity contribution in [3.8, 4) is 11.5 Å². The van der Waals surface area contributed by atoms with E-state index in [-0.39, 0.29) is 10.8 Å². The van der Waals surface area contributed by atoms with Crippen LogP contribution in [0.15, 0.2) is 77.7 Å². The van der Waals surface area contributed by atoms with Crippen LogP contribution in [-0.2, 0) is 10.0 Å². The number of aryl methyl sites for hydroxylation is 1. The third-order valence-electron chi connectivity index (χ3n) is 4.32. The molecule has 1 N–H and O–H groups in total. The molecule has 0 radical (unpaired) electrons. The minimum Gasteiger partial charge on any atom is -0.457 e. The standard InChI is InChI=1S/C22H22N2O4S/c1-16-9-14-20(29(26,27)24(2)3)15-21(16)22(25)23-17-10-12-19(13-11-17)28-18-7-5-4-6-8-18/h4-15H,1-3H3,(H,23,25). The molecule has 0 bridgehead atoms. The fourth-order valence-corrected chi connectivity index (χ4v) is 3.57. The van der Waals surface area contributed by atoms with Crippen LogP contribution in [0.5, 0.6) is 11.5 Å². The van der Waals surface area contributed by atoms with Gasteiger partial charge in [-0.15, -0.1) is 0 Å². The Morgan fingerprint density at radius 2 is 1.52 bits per heavy atom. The normalized spacial score (nSPS) is 11.3. The van der Waals surface area contributed by atoms with E-state index < -0.39 is 10.0 Å². The van der Waals surface area contributed by atoms with Crippen LogP contribution >= 0.6 is 0 Å². The third kappa shape index (κ3) is 4.82. The number of carbonyl (C=O) groups excluding carboxylic acids is 1.